The third-order valence-corrected chi connectivity index (χ3v) is 3.61. The van der Waals surface area contributed by atoms with Crippen molar-refractivity contribution in [1.82, 2.24) is 9.97 Å². The molecule has 0 saturated heterocycles. The van der Waals surface area contributed by atoms with E-state index in [1.807, 2.05) is 13.0 Å². The maximum Gasteiger partial charge on any atom is 0.158 e. The average molecular weight is 278 g/mol. The molecule has 1 aromatic rings. The first-order chi connectivity index (χ1) is 9.81. The van der Waals surface area contributed by atoms with Gasteiger partial charge in [0.05, 0.1) is 0 Å². The molecule has 2 N–H and O–H groups in total. The molecule has 1 aliphatic carbocycles. The van der Waals surface area contributed by atoms with Gasteiger partial charge in [-0.25, -0.2) is 9.97 Å². The zero-order valence-corrected chi connectivity index (χ0v) is 12.6. The summed E-state index contributed by atoms with van der Waals surface area (Å²) in [6.45, 7) is 7.06. The zero-order chi connectivity index (χ0) is 14.2. The second-order valence-corrected chi connectivity index (χ2v) is 5.25. The Labute approximate surface area is 121 Å². The van der Waals surface area contributed by atoms with Crippen molar-refractivity contribution in [2.24, 2.45) is 5.92 Å². The Kier molecular flexibility index (Phi) is 6.05. The molecule has 1 fully saturated rings. The summed E-state index contributed by atoms with van der Waals surface area (Å²) in [5.41, 5.74) is 0. The lowest BCUT2D eigenvalue weighted by molar-refractivity contribution is 0.128. The van der Waals surface area contributed by atoms with Crippen LogP contribution >= 0.6 is 0 Å². The van der Waals surface area contributed by atoms with Crippen molar-refractivity contribution in [2.75, 3.05) is 30.3 Å². The van der Waals surface area contributed by atoms with Crippen LogP contribution in [0.3, 0.4) is 0 Å². The van der Waals surface area contributed by atoms with Gasteiger partial charge in [0.15, 0.2) is 5.82 Å². The van der Waals surface area contributed by atoms with Crippen LogP contribution in [-0.2, 0) is 11.3 Å². The highest BCUT2D eigenvalue weighted by Gasteiger charge is 2.15. The zero-order valence-electron chi connectivity index (χ0n) is 12.6. The molecule has 0 spiro atoms. The lowest BCUT2D eigenvalue weighted by atomic mass is 10.1. The van der Waals surface area contributed by atoms with Gasteiger partial charge in [-0.2, -0.15) is 0 Å². The van der Waals surface area contributed by atoms with Gasteiger partial charge in [0.1, 0.15) is 18.2 Å². The Hall–Kier alpha value is -1.36. The predicted octanol–water partition coefficient (Wildman–Crippen LogP) is 3.05. The summed E-state index contributed by atoms with van der Waals surface area (Å²) in [5.74, 6) is 3.30. The number of nitrogens with one attached hydrogen (secondary N) is 2. The van der Waals surface area contributed by atoms with Crippen molar-refractivity contribution in [3.63, 3.8) is 0 Å². The maximum absolute atomic E-state index is 5.41. The molecule has 2 rings (SSSR count). The minimum atomic E-state index is 0.466. The van der Waals surface area contributed by atoms with E-state index in [2.05, 4.69) is 27.5 Å². The number of rotatable bonds is 8. The van der Waals surface area contributed by atoms with Gasteiger partial charge in [-0.05, 0) is 32.6 Å². The first-order valence-corrected chi connectivity index (χ1v) is 7.75. The minimum absolute atomic E-state index is 0.466. The molecule has 0 amide bonds. The monoisotopic (exact) mass is 278 g/mol. The van der Waals surface area contributed by atoms with Crippen LogP contribution in [0.15, 0.2) is 6.07 Å². The molecule has 1 saturated carbocycles. The summed E-state index contributed by atoms with van der Waals surface area (Å²) in [7, 11) is 0. The van der Waals surface area contributed by atoms with Gasteiger partial charge in [-0.15, -0.1) is 0 Å². The van der Waals surface area contributed by atoms with Gasteiger partial charge in [-0.1, -0.05) is 12.8 Å². The summed E-state index contributed by atoms with van der Waals surface area (Å²) in [5, 5.41) is 6.70. The Morgan fingerprint density at radius 1 is 1.15 bits per heavy atom. The minimum Gasteiger partial charge on any atom is -0.374 e. The van der Waals surface area contributed by atoms with Gasteiger partial charge in [-0.3, -0.25) is 0 Å². The number of anilines is 2. The smallest absolute Gasteiger partial charge is 0.158 e. The molecule has 0 unspecified atom stereocenters. The fourth-order valence-corrected chi connectivity index (χ4v) is 2.58. The van der Waals surface area contributed by atoms with Gasteiger partial charge in [0, 0.05) is 25.8 Å². The standard InChI is InChI=1S/C15H26N4O/c1-3-16-13-9-14(17-10-12-7-5-6-8-12)19-15(18-13)11-20-4-2/h9,12H,3-8,10-11H2,1-2H3,(H2,16,17,18,19). The summed E-state index contributed by atoms with van der Waals surface area (Å²) in [6, 6.07) is 1.98. The molecule has 112 valence electrons. The Balaban J connectivity index is 1.98. The number of nitrogens with zero attached hydrogens (tertiary/aromatic N) is 2. The largest absolute Gasteiger partial charge is 0.374 e. The molecule has 1 aliphatic rings. The van der Waals surface area contributed by atoms with E-state index in [1.54, 1.807) is 0 Å². The highest BCUT2D eigenvalue weighted by atomic mass is 16.5. The van der Waals surface area contributed by atoms with E-state index in [-0.39, 0.29) is 0 Å². The van der Waals surface area contributed by atoms with Gasteiger partial charge in [0.25, 0.3) is 0 Å². The van der Waals surface area contributed by atoms with Crippen LogP contribution in [-0.4, -0.2) is 29.7 Å². The fraction of sp³-hybridized carbons (Fsp3) is 0.733. The lowest BCUT2D eigenvalue weighted by Gasteiger charge is -2.13. The summed E-state index contributed by atoms with van der Waals surface area (Å²) in [4.78, 5) is 8.98. The molecule has 0 radical (unpaired) electrons. The summed E-state index contributed by atoms with van der Waals surface area (Å²) < 4.78 is 5.41. The molecular formula is C15H26N4O. The maximum atomic E-state index is 5.41. The van der Waals surface area contributed by atoms with E-state index < -0.39 is 0 Å². The molecule has 5 nitrogen and oxygen atoms in total. The molecule has 20 heavy (non-hydrogen) atoms. The van der Waals surface area contributed by atoms with Crippen molar-refractivity contribution in [3.8, 4) is 0 Å². The Morgan fingerprint density at radius 3 is 2.50 bits per heavy atom. The molecule has 0 bridgehead atoms. The molecule has 1 aromatic heterocycles. The number of aromatic nitrogens is 2. The van der Waals surface area contributed by atoms with Crippen LogP contribution in [0.4, 0.5) is 11.6 Å². The van der Waals surface area contributed by atoms with Crippen LogP contribution in [0.2, 0.25) is 0 Å². The fourth-order valence-electron chi connectivity index (χ4n) is 2.58. The number of hydrogen-bond acceptors (Lipinski definition) is 5. The third kappa shape index (κ3) is 4.63. The van der Waals surface area contributed by atoms with Crippen LogP contribution < -0.4 is 10.6 Å². The lowest BCUT2D eigenvalue weighted by Crippen LogP contribution is -2.14. The highest BCUT2D eigenvalue weighted by molar-refractivity contribution is 5.47. The van der Waals surface area contributed by atoms with Crippen molar-refractivity contribution in [3.05, 3.63) is 11.9 Å². The molecular weight excluding hydrogens is 252 g/mol. The van der Waals surface area contributed by atoms with E-state index in [0.29, 0.717) is 13.2 Å². The van der Waals surface area contributed by atoms with Crippen molar-refractivity contribution < 1.29 is 4.74 Å². The van der Waals surface area contributed by atoms with Crippen molar-refractivity contribution >= 4 is 11.6 Å². The van der Waals surface area contributed by atoms with E-state index in [1.165, 1.54) is 25.7 Å². The first kappa shape index (κ1) is 15.0. The van der Waals surface area contributed by atoms with Gasteiger partial charge >= 0.3 is 0 Å². The van der Waals surface area contributed by atoms with Crippen LogP contribution in [0.1, 0.15) is 45.4 Å². The second kappa shape index (κ2) is 8.04. The molecule has 0 atom stereocenters. The van der Waals surface area contributed by atoms with E-state index in [4.69, 9.17) is 4.74 Å². The number of ether oxygens (including phenoxy) is 1. The molecule has 5 heteroatoms. The molecule has 1 heterocycles. The van der Waals surface area contributed by atoms with Crippen molar-refractivity contribution in [2.45, 2.75) is 46.1 Å². The Morgan fingerprint density at radius 2 is 1.85 bits per heavy atom. The average Bonchev–Trinajstić information content (AvgIpc) is 2.96. The Bertz CT molecular complexity index is 405. The first-order valence-electron chi connectivity index (χ1n) is 7.75. The normalized spacial score (nSPS) is 15.5. The molecule has 0 aromatic carbocycles. The highest BCUT2D eigenvalue weighted by Crippen LogP contribution is 2.25. The number of hydrogen-bond donors (Lipinski definition) is 2. The van der Waals surface area contributed by atoms with Crippen LogP contribution in [0.25, 0.3) is 0 Å². The predicted molar refractivity (Wildman–Crippen MR) is 82.0 cm³/mol. The van der Waals surface area contributed by atoms with Crippen molar-refractivity contribution in [1.29, 1.82) is 0 Å². The van der Waals surface area contributed by atoms with E-state index in [0.717, 1.165) is 36.5 Å². The van der Waals surface area contributed by atoms with E-state index in [9.17, 15) is 0 Å². The van der Waals surface area contributed by atoms with Gasteiger partial charge < -0.3 is 15.4 Å². The van der Waals surface area contributed by atoms with Gasteiger partial charge in [0.2, 0.25) is 0 Å². The SMILES string of the molecule is CCNc1cc(NCC2CCCC2)nc(COCC)n1. The topological polar surface area (TPSA) is 59.1 Å². The second-order valence-electron chi connectivity index (χ2n) is 5.25. The summed E-state index contributed by atoms with van der Waals surface area (Å²) in [6.07, 6.45) is 5.41. The molecule has 0 aliphatic heterocycles. The van der Waals surface area contributed by atoms with Crippen LogP contribution in [0, 0.1) is 5.92 Å². The summed E-state index contributed by atoms with van der Waals surface area (Å²) >= 11 is 0. The quantitative estimate of drug-likeness (QED) is 0.765. The van der Waals surface area contributed by atoms with Crippen LogP contribution in [0.5, 0.6) is 0 Å². The third-order valence-electron chi connectivity index (χ3n) is 3.61. The van der Waals surface area contributed by atoms with E-state index >= 15 is 0 Å².